The third-order valence-electron chi connectivity index (χ3n) is 2.87. The van der Waals surface area contributed by atoms with Crippen molar-refractivity contribution in [1.29, 1.82) is 0 Å². The number of carbonyl (C=O) groups excluding carboxylic acids is 1. The predicted molar refractivity (Wildman–Crippen MR) is 84.2 cm³/mol. The SMILES string of the molecule is COCCNC(=O)c1ccc(OCc2cccc(Cl)n2)cc1. The molecule has 116 valence electrons. The van der Waals surface area contributed by atoms with Crippen LogP contribution in [0.15, 0.2) is 42.5 Å². The molecule has 0 spiro atoms. The van der Waals surface area contributed by atoms with E-state index < -0.39 is 0 Å². The molecule has 0 fully saturated rings. The molecule has 0 saturated carbocycles. The number of pyridine rings is 1. The Kier molecular flexibility index (Phi) is 6.18. The Morgan fingerprint density at radius 2 is 2.00 bits per heavy atom. The van der Waals surface area contributed by atoms with E-state index in [1.54, 1.807) is 37.4 Å². The molecule has 1 heterocycles. The fraction of sp³-hybridized carbons (Fsp3) is 0.250. The number of nitrogens with one attached hydrogen (secondary N) is 1. The summed E-state index contributed by atoms with van der Waals surface area (Å²) in [5, 5.41) is 3.19. The molecule has 1 aromatic heterocycles. The Balaban J connectivity index is 1.87. The zero-order valence-corrected chi connectivity index (χ0v) is 13.0. The molecule has 0 atom stereocenters. The number of methoxy groups -OCH3 is 1. The van der Waals surface area contributed by atoms with Gasteiger partial charge >= 0.3 is 0 Å². The van der Waals surface area contributed by atoms with Crippen LogP contribution in [0.25, 0.3) is 0 Å². The van der Waals surface area contributed by atoms with Gasteiger partial charge < -0.3 is 14.8 Å². The highest BCUT2D eigenvalue weighted by molar-refractivity contribution is 6.29. The molecule has 1 N–H and O–H groups in total. The van der Waals surface area contributed by atoms with Crippen LogP contribution >= 0.6 is 11.6 Å². The zero-order valence-electron chi connectivity index (χ0n) is 12.2. The molecular formula is C16H17ClN2O3. The first-order valence-corrected chi connectivity index (χ1v) is 7.18. The summed E-state index contributed by atoms with van der Waals surface area (Å²) >= 11 is 5.81. The average Bonchev–Trinajstić information content (AvgIpc) is 2.54. The Morgan fingerprint density at radius 1 is 1.23 bits per heavy atom. The Hall–Kier alpha value is -2.11. The van der Waals surface area contributed by atoms with Crippen LogP contribution in [0.3, 0.4) is 0 Å². The number of rotatable bonds is 7. The van der Waals surface area contributed by atoms with E-state index in [0.29, 0.717) is 36.2 Å². The second-order valence-corrected chi connectivity index (χ2v) is 4.90. The van der Waals surface area contributed by atoms with E-state index in [4.69, 9.17) is 21.1 Å². The van der Waals surface area contributed by atoms with Crippen molar-refractivity contribution in [2.75, 3.05) is 20.3 Å². The molecule has 1 amide bonds. The van der Waals surface area contributed by atoms with Crippen molar-refractivity contribution in [3.8, 4) is 5.75 Å². The maximum absolute atomic E-state index is 11.8. The van der Waals surface area contributed by atoms with Crippen molar-refractivity contribution < 1.29 is 14.3 Å². The minimum absolute atomic E-state index is 0.139. The fourth-order valence-electron chi connectivity index (χ4n) is 1.76. The van der Waals surface area contributed by atoms with Gasteiger partial charge in [-0.25, -0.2) is 4.98 Å². The van der Waals surface area contributed by atoms with Crippen LogP contribution in [0.1, 0.15) is 16.1 Å². The zero-order chi connectivity index (χ0) is 15.8. The maximum atomic E-state index is 11.8. The van der Waals surface area contributed by atoms with Gasteiger partial charge in [0.05, 0.1) is 12.3 Å². The molecular weight excluding hydrogens is 304 g/mol. The first-order chi connectivity index (χ1) is 10.7. The van der Waals surface area contributed by atoms with Gasteiger partial charge in [0.15, 0.2) is 0 Å². The van der Waals surface area contributed by atoms with Crippen LogP contribution in [-0.2, 0) is 11.3 Å². The molecule has 0 aliphatic heterocycles. The van der Waals surface area contributed by atoms with Gasteiger partial charge in [-0.05, 0) is 36.4 Å². The van der Waals surface area contributed by atoms with Gasteiger partial charge in [-0.15, -0.1) is 0 Å². The van der Waals surface area contributed by atoms with Crippen LogP contribution in [0.2, 0.25) is 5.15 Å². The highest BCUT2D eigenvalue weighted by Crippen LogP contribution is 2.14. The van der Waals surface area contributed by atoms with Crippen molar-refractivity contribution >= 4 is 17.5 Å². The Labute approximate surface area is 134 Å². The van der Waals surface area contributed by atoms with E-state index in [1.165, 1.54) is 0 Å². The van der Waals surface area contributed by atoms with E-state index in [0.717, 1.165) is 5.69 Å². The molecule has 1 aromatic carbocycles. The van der Waals surface area contributed by atoms with Crippen molar-refractivity contribution in [1.82, 2.24) is 10.3 Å². The van der Waals surface area contributed by atoms with Crippen molar-refractivity contribution in [3.05, 3.63) is 58.9 Å². The van der Waals surface area contributed by atoms with E-state index in [2.05, 4.69) is 10.3 Å². The van der Waals surface area contributed by atoms with Crippen LogP contribution in [0, 0.1) is 0 Å². The van der Waals surface area contributed by atoms with Crippen molar-refractivity contribution in [2.45, 2.75) is 6.61 Å². The number of carbonyl (C=O) groups is 1. The van der Waals surface area contributed by atoms with Gasteiger partial charge in [0.25, 0.3) is 5.91 Å². The van der Waals surface area contributed by atoms with E-state index in [-0.39, 0.29) is 5.91 Å². The normalized spacial score (nSPS) is 10.3. The smallest absolute Gasteiger partial charge is 0.251 e. The summed E-state index contributed by atoms with van der Waals surface area (Å²) in [5.74, 6) is 0.523. The summed E-state index contributed by atoms with van der Waals surface area (Å²) in [7, 11) is 1.59. The Bertz CT molecular complexity index is 617. The van der Waals surface area contributed by atoms with Crippen LogP contribution in [0.5, 0.6) is 5.75 Å². The molecule has 2 rings (SSSR count). The van der Waals surface area contributed by atoms with Gasteiger partial charge in [0, 0.05) is 19.2 Å². The topological polar surface area (TPSA) is 60.5 Å². The summed E-state index contributed by atoms with van der Waals surface area (Å²) < 4.78 is 10.5. The van der Waals surface area contributed by atoms with Crippen LogP contribution in [0.4, 0.5) is 0 Å². The number of amides is 1. The second-order valence-electron chi connectivity index (χ2n) is 4.51. The number of benzene rings is 1. The number of ether oxygens (including phenoxy) is 2. The molecule has 2 aromatic rings. The van der Waals surface area contributed by atoms with E-state index in [1.807, 2.05) is 12.1 Å². The largest absolute Gasteiger partial charge is 0.487 e. The number of hydrogen-bond acceptors (Lipinski definition) is 4. The van der Waals surface area contributed by atoms with Crippen LogP contribution < -0.4 is 10.1 Å². The van der Waals surface area contributed by atoms with Gasteiger partial charge in [0.1, 0.15) is 17.5 Å². The van der Waals surface area contributed by atoms with Crippen molar-refractivity contribution in [3.63, 3.8) is 0 Å². The minimum Gasteiger partial charge on any atom is -0.487 e. The standard InChI is InChI=1S/C16H17ClN2O3/c1-21-10-9-18-16(20)12-5-7-14(8-6-12)22-11-13-3-2-4-15(17)19-13/h2-8H,9-11H2,1H3,(H,18,20). The average molecular weight is 321 g/mol. The molecule has 22 heavy (non-hydrogen) atoms. The molecule has 6 heteroatoms. The van der Waals surface area contributed by atoms with Crippen molar-refractivity contribution in [2.24, 2.45) is 0 Å². The lowest BCUT2D eigenvalue weighted by atomic mass is 10.2. The summed E-state index contributed by atoms with van der Waals surface area (Å²) in [4.78, 5) is 16.0. The van der Waals surface area contributed by atoms with Gasteiger partial charge in [-0.1, -0.05) is 17.7 Å². The fourth-order valence-corrected chi connectivity index (χ4v) is 1.94. The number of nitrogens with zero attached hydrogens (tertiary/aromatic N) is 1. The highest BCUT2D eigenvalue weighted by Gasteiger charge is 2.05. The summed E-state index contributed by atoms with van der Waals surface area (Å²) in [6.07, 6.45) is 0. The lowest BCUT2D eigenvalue weighted by molar-refractivity contribution is 0.0937. The molecule has 0 saturated heterocycles. The molecule has 0 radical (unpaired) electrons. The van der Waals surface area contributed by atoms with Crippen LogP contribution in [-0.4, -0.2) is 31.2 Å². The maximum Gasteiger partial charge on any atom is 0.251 e. The second kappa shape index (κ2) is 8.36. The minimum atomic E-state index is -0.139. The first-order valence-electron chi connectivity index (χ1n) is 6.80. The monoisotopic (exact) mass is 320 g/mol. The quantitative estimate of drug-likeness (QED) is 0.629. The Morgan fingerprint density at radius 3 is 2.68 bits per heavy atom. The van der Waals surface area contributed by atoms with Gasteiger partial charge in [0.2, 0.25) is 0 Å². The number of hydrogen-bond donors (Lipinski definition) is 1. The lowest BCUT2D eigenvalue weighted by Gasteiger charge is -2.08. The van der Waals surface area contributed by atoms with Gasteiger partial charge in [-0.2, -0.15) is 0 Å². The molecule has 5 nitrogen and oxygen atoms in total. The molecule has 0 bridgehead atoms. The molecule has 0 aliphatic rings. The van der Waals surface area contributed by atoms with E-state index in [9.17, 15) is 4.79 Å². The molecule has 0 unspecified atom stereocenters. The lowest BCUT2D eigenvalue weighted by Crippen LogP contribution is -2.26. The summed E-state index contributed by atoms with van der Waals surface area (Å²) in [5.41, 5.74) is 1.32. The third kappa shape index (κ3) is 5.02. The predicted octanol–water partition coefficient (Wildman–Crippen LogP) is 2.69. The first kappa shape index (κ1) is 16.3. The summed E-state index contributed by atoms with van der Waals surface area (Å²) in [6.45, 7) is 1.29. The molecule has 0 aliphatic carbocycles. The number of halogens is 1. The van der Waals surface area contributed by atoms with E-state index >= 15 is 0 Å². The van der Waals surface area contributed by atoms with Gasteiger partial charge in [-0.3, -0.25) is 4.79 Å². The summed E-state index contributed by atoms with van der Waals surface area (Å²) in [6, 6.07) is 12.3. The third-order valence-corrected chi connectivity index (χ3v) is 3.08. The number of aromatic nitrogens is 1. The highest BCUT2D eigenvalue weighted by atomic mass is 35.5.